The topological polar surface area (TPSA) is 82.3 Å². The van der Waals surface area contributed by atoms with E-state index in [1.54, 1.807) is 12.1 Å². The van der Waals surface area contributed by atoms with E-state index in [0.29, 0.717) is 22.3 Å². The monoisotopic (exact) mass is 304 g/mol. The van der Waals surface area contributed by atoms with Crippen molar-refractivity contribution in [3.63, 3.8) is 0 Å². The van der Waals surface area contributed by atoms with Crippen molar-refractivity contribution >= 4 is 27.3 Å². The molecule has 0 bridgehead atoms. The quantitative estimate of drug-likeness (QED) is 0.838. The minimum atomic E-state index is -2.95. The van der Waals surface area contributed by atoms with Crippen molar-refractivity contribution < 1.29 is 13.2 Å². The van der Waals surface area contributed by atoms with E-state index in [2.05, 4.69) is 4.98 Å². The van der Waals surface area contributed by atoms with Gasteiger partial charge in [0.25, 0.3) is 0 Å². The normalized spacial score (nSPS) is 12.4. The molecular formula is C12H20N2O3S2. The first-order valence-electron chi connectivity index (χ1n) is 5.83. The van der Waals surface area contributed by atoms with E-state index in [1.165, 1.54) is 18.0 Å². The first-order valence-corrected chi connectivity index (χ1v) is 8.87. The fraction of sp³-hybridized carbons (Fsp3) is 0.583. The molecule has 2 N–H and O–H groups in total. The first-order chi connectivity index (χ1) is 8.57. The molecule has 1 aromatic heterocycles. The number of anilines is 1. The maximum Gasteiger partial charge on any atom is 0.238 e. The van der Waals surface area contributed by atoms with Crippen molar-refractivity contribution in [1.29, 1.82) is 0 Å². The molecule has 0 amide bonds. The minimum Gasteiger partial charge on any atom is -0.470 e. The number of nitrogen functional groups attached to an aromatic ring is 1. The molecule has 1 rings (SSSR count). The van der Waals surface area contributed by atoms with E-state index in [1.807, 2.05) is 20.8 Å². The number of sulfone groups is 1. The zero-order valence-electron chi connectivity index (χ0n) is 11.6. The summed E-state index contributed by atoms with van der Waals surface area (Å²) in [6, 6.07) is 3.48. The van der Waals surface area contributed by atoms with Crippen molar-refractivity contribution in [2.24, 2.45) is 0 Å². The summed E-state index contributed by atoms with van der Waals surface area (Å²) in [5, 5.41) is 0.706. The highest BCUT2D eigenvalue weighted by Gasteiger charge is 2.15. The average molecular weight is 304 g/mol. The van der Waals surface area contributed by atoms with Crippen LogP contribution in [0.15, 0.2) is 17.2 Å². The van der Waals surface area contributed by atoms with Crippen molar-refractivity contribution in [2.75, 3.05) is 23.5 Å². The van der Waals surface area contributed by atoms with E-state index in [9.17, 15) is 8.42 Å². The van der Waals surface area contributed by atoms with Gasteiger partial charge in [0.1, 0.15) is 20.5 Å². The summed E-state index contributed by atoms with van der Waals surface area (Å²) in [5.41, 5.74) is 5.90. The molecule has 108 valence electrons. The number of thioether (sulfide) groups is 1. The summed E-state index contributed by atoms with van der Waals surface area (Å²) in [5.74, 6) is 0.973. The number of nitrogens with two attached hydrogens (primary N) is 1. The van der Waals surface area contributed by atoms with Gasteiger partial charge in [-0.05, 0) is 32.9 Å². The van der Waals surface area contributed by atoms with Crippen LogP contribution >= 0.6 is 11.8 Å². The van der Waals surface area contributed by atoms with Crippen LogP contribution in [0.2, 0.25) is 0 Å². The lowest BCUT2D eigenvalue weighted by atomic mass is 10.2. The predicted molar refractivity (Wildman–Crippen MR) is 79.5 cm³/mol. The minimum absolute atomic E-state index is 0.124. The standard InChI is InChI=1S/C12H20N2O3S2/c1-12(2,3)17-11-9(13)5-6-10(14-11)18-7-8-19(4,15)16/h5-6H,7-8,13H2,1-4H3. The molecule has 0 aliphatic rings. The third kappa shape index (κ3) is 6.68. The lowest BCUT2D eigenvalue weighted by Gasteiger charge is -2.21. The maximum absolute atomic E-state index is 11.1. The van der Waals surface area contributed by atoms with Crippen LogP contribution < -0.4 is 10.5 Å². The molecule has 5 nitrogen and oxygen atoms in total. The van der Waals surface area contributed by atoms with Crippen LogP contribution in [0.4, 0.5) is 5.69 Å². The fourth-order valence-electron chi connectivity index (χ4n) is 1.18. The number of rotatable bonds is 5. The van der Waals surface area contributed by atoms with E-state index < -0.39 is 9.84 Å². The SMILES string of the molecule is CC(C)(C)Oc1nc(SCCS(C)(=O)=O)ccc1N. The summed E-state index contributed by atoms with van der Waals surface area (Å²) in [4.78, 5) is 4.30. The predicted octanol–water partition coefficient (Wildman–Crippen LogP) is 1.98. The average Bonchev–Trinajstić information content (AvgIpc) is 2.19. The highest BCUT2D eigenvalue weighted by Crippen LogP contribution is 2.27. The second-order valence-electron chi connectivity index (χ2n) is 5.24. The van der Waals surface area contributed by atoms with Crippen LogP contribution in [0, 0.1) is 0 Å². The molecule has 0 radical (unpaired) electrons. The van der Waals surface area contributed by atoms with Crippen LogP contribution in [0.25, 0.3) is 0 Å². The molecule has 7 heteroatoms. The van der Waals surface area contributed by atoms with E-state index in [-0.39, 0.29) is 11.4 Å². The van der Waals surface area contributed by atoms with Crippen LogP contribution in [0.3, 0.4) is 0 Å². The van der Waals surface area contributed by atoms with Gasteiger partial charge in [-0.25, -0.2) is 13.4 Å². The van der Waals surface area contributed by atoms with Crippen molar-refractivity contribution in [2.45, 2.75) is 31.4 Å². The number of ether oxygens (including phenoxy) is 1. The van der Waals surface area contributed by atoms with Crippen LogP contribution in [0.1, 0.15) is 20.8 Å². The molecule has 0 aliphatic heterocycles. The Hall–Kier alpha value is -0.950. The van der Waals surface area contributed by atoms with Crippen LogP contribution in [0.5, 0.6) is 5.88 Å². The van der Waals surface area contributed by atoms with Gasteiger partial charge in [0.2, 0.25) is 5.88 Å². The Labute approximate surface area is 118 Å². The third-order valence-corrected chi connectivity index (χ3v) is 4.11. The van der Waals surface area contributed by atoms with Gasteiger partial charge in [-0.2, -0.15) is 0 Å². The Morgan fingerprint density at radius 2 is 2.00 bits per heavy atom. The van der Waals surface area contributed by atoms with E-state index in [4.69, 9.17) is 10.5 Å². The molecule has 0 aromatic carbocycles. The summed E-state index contributed by atoms with van der Waals surface area (Å²) < 4.78 is 27.8. The smallest absolute Gasteiger partial charge is 0.238 e. The number of hydrogen-bond acceptors (Lipinski definition) is 6. The summed E-state index contributed by atoms with van der Waals surface area (Å²) in [6.07, 6.45) is 1.22. The second-order valence-corrected chi connectivity index (χ2v) is 8.61. The van der Waals surface area contributed by atoms with E-state index >= 15 is 0 Å². The van der Waals surface area contributed by atoms with Gasteiger partial charge in [-0.3, -0.25) is 0 Å². The summed E-state index contributed by atoms with van der Waals surface area (Å²) in [7, 11) is -2.95. The van der Waals surface area contributed by atoms with Crippen molar-refractivity contribution in [1.82, 2.24) is 4.98 Å². The molecule has 0 saturated heterocycles. The van der Waals surface area contributed by atoms with Gasteiger partial charge >= 0.3 is 0 Å². The lowest BCUT2D eigenvalue weighted by molar-refractivity contribution is 0.124. The molecule has 0 atom stereocenters. The highest BCUT2D eigenvalue weighted by molar-refractivity contribution is 8.00. The van der Waals surface area contributed by atoms with Crippen molar-refractivity contribution in [3.8, 4) is 5.88 Å². The zero-order valence-corrected chi connectivity index (χ0v) is 13.3. The van der Waals surface area contributed by atoms with Crippen LogP contribution in [-0.4, -0.2) is 36.8 Å². The molecule has 0 fully saturated rings. The van der Waals surface area contributed by atoms with Gasteiger partial charge in [-0.15, -0.1) is 11.8 Å². The molecule has 1 heterocycles. The molecule has 1 aromatic rings. The van der Waals surface area contributed by atoms with Crippen molar-refractivity contribution in [3.05, 3.63) is 12.1 Å². The largest absolute Gasteiger partial charge is 0.470 e. The van der Waals surface area contributed by atoms with E-state index in [0.717, 1.165) is 0 Å². The molecule has 0 saturated carbocycles. The van der Waals surface area contributed by atoms with Gasteiger partial charge < -0.3 is 10.5 Å². The molecular weight excluding hydrogens is 284 g/mol. The highest BCUT2D eigenvalue weighted by atomic mass is 32.2. The Morgan fingerprint density at radius 1 is 1.37 bits per heavy atom. The Balaban J connectivity index is 2.73. The Kier molecular flexibility index (Phi) is 5.09. The van der Waals surface area contributed by atoms with Gasteiger partial charge in [0, 0.05) is 12.0 Å². The molecule has 0 unspecified atom stereocenters. The van der Waals surface area contributed by atoms with Gasteiger partial charge in [-0.1, -0.05) is 0 Å². The van der Waals surface area contributed by atoms with Gasteiger partial charge in [0.15, 0.2) is 0 Å². The second kappa shape index (κ2) is 6.00. The van der Waals surface area contributed by atoms with Gasteiger partial charge in [0.05, 0.1) is 11.4 Å². The lowest BCUT2D eigenvalue weighted by Crippen LogP contribution is -2.24. The zero-order chi connectivity index (χ0) is 14.7. The summed E-state index contributed by atoms with van der Waals surface area (Å²) >= 11 is 1.37. The fourth-order valence-corrected chi connectivity index (χ4v) is 3.25. The number of nitrogens with zero attached hydrogens (tertiary/aromatic N) is 1. The first kappa shape index (κ1) is 16.1. The molecule has 19 heavy (non-hydrogen) atoms. The molecule has 0 aliphatic carbocycles. The number of aromatic nitrogens is 1. The molecule has 0 spiro atoms. The third-order valence-electron chi connectivity index (χ3n) is 1.97. The summed E-state index contributed by atoms with van der Waals surface area (Å²) in [6.45, 7) is 5.74. The van der Waals surface area contributed by atoms with Crippen LogP contribution in [-0.2, 0) is 9.84 Å². The Morgan fingerprint density at radius 3 is 2.53 bits per heavy atom. The maximum atomic E-state index is 11.1. The number of hydrogen-bond donors (Lipinski definition) is 1. The number of pyridine rings is 1. The Bertz CT molecular complexity index is 536.